The molecule has 2 N–H and O–H groups in total. The summed E-state index contributed by atoms with van der Waals surface area (Å²) in [5, 5.41) is 13.6. The predicted molar refractivity (Wildman–Crippen MR) is 130 cm³/mol. The van der Waals surface area contributed by atoms with E-state index in [1.807, 2.05) is 24.3 Å². The second-order valence-corrected chi connectivity index (χ2v) is 10.5. The summed E-state index contributed by atoms with van der Waals surface area (Å²) < 4.78 is 0. The van der Waals surface area contributed by atoms with Gasteiger partial charge in [0.2, 0.25) is 5.91 Å². The van der Waals surface area contributed by atoms with Gasteiger partial charge in [-0.1, -0.05) is 71.9 Å². The first-order valence-corrected chi connectivity index (χ1v) is 11.0. The number of hydrogen-bond donors (Lipinski definition) is 2. The lowest BCUT2D eigenvalue weighted by Crippen LogP contribution is -2.33. The van der Waals surface area contributed by atoms with Crippen LogP contribution < -0.4 is 10.2 Å². The lowest BCUT2D eigenvalue weighted by molar-refractivity contribution is -0.123. The van der Waals surface area contributed by atoms with Crippen molar-refractivity contribution in [2.45, 2.75) is 59.9 Å². The zero-order valence-electron chi connectivity index (χ0n) is 20.3. The Balaban J connectivity index is 2.18. The van der Waals surface area contributed by atoms with E-state index in [0.717, 1.165) is 11.1 Å². The topological polar surface area (TPSA) is 86.7 Å². The number of ketones is 1. The van der Waals surface area contributed by atoms with E-state index in [1.165, 1.54) is 11.8 Å². The van der Waals surface area contributed by atoms with E-state index in [1.54, 1.807) is 45.0 Å². The molecular formula is C27H32N2O4. The Hall–Kier alpha value is -3.41. The third-order valence-corrected chi connectivity index (χ3v) is 5.67. The Morgan fingerprint density at radius 3 is 2.09 bits per heavy atom. The van der Waals surface area contributed by atoms with Gasteiger partial charge in [-0.15, -0.1) is 0 Å². The van der Waals surface area contributed by atoms with E-state index in [0.29, 0.717) is 11.4 Å². The maximum Gasteiger partial charge on any atom is 0.294 e. The Labute approximate surface area is 195 Å². The summed E-state index contributed by atoms with van der Waals surface area (Å²) in [6, 6.07) is 13.8. The lowest BCUT2D eigenvalue weighted by Gasteiger charge is -2.30. The molecule has 6 heteroatoms. The van der Waals surface area contributed by atoms with Gasteiger partial charge in [0.05, 0.1) is 11.6 Å². The first kappa shape index (κ1) is 24.2. The quantitative estimate of drug-likeness (QED) is 0.650. The number of nitrogens with one attached hydrogen (secondary N) is 1. The van der Waals surface area contributed by atoms with E-state index >= 15 is 0 Å². The molecule has 2 aromatic rings. The Morgan fingerprint density at radius 2 is 1.58 bits per heavy atom. The fourth-order valence-electron chi connectivity index (χ4n) is 3.93. The molecule has 0 saturated heterocycles. The van der Waals surface area contributed by atoms with Crippen LogP contribution >= 0.6 is 0 Å². The molecule has 2 aromatic carbocycles. The predicted octanol–water partition coefficient (Wildman–Crippen LogP) is 5.46. The van der Waals surface area contributed by atoms with Crippen LogP contribution in [0.15, 0.2) is 59.9 Å². The minimum atomic E-state index is -0.790. The second-order valence-electron chi connectivity index (χ2n) is 10.5. The Morgan fingerprint density at radius 1 is 0.970 bits per heavy atom. The maximum absolute atomic E-state index is 13.4. The third-order valence-electron chi connectivity index (χ3n) is 5.67. The number of amides is 2. The van der Waals surface area contributed by atoms with Crippen molar-refractivity contribution in [3.8, 4) is 0 Å². The molecule has 2 amide bonds. The fraction of sp³-hybridized carbons (Fsp3) is 0.370. The van der Waals surface area contributed by atoms with E-state index in [4.69, 9.17) is 0 Å². The van der Waals surface area contributed by atoms with Crippen LogP contribution in [-0.4, -0.2) is 22.7 Å². The van der Waals surface area contributed by atoms with Crippen molar-refractivity contribution in [3.63, 3.8) is 0 Å². The number of aliphatic hydroxyl groups excluding tert-OH is 1. The molecule has 0 saturated carbocycles. The molecule has 0 aromatic heterocycles. The highest BCUT2D eigenvalue weighted by Gasteiger charge is 2.46. The van der Waals surface area contributed by atoms with E-state index in [9.17, 15) is 19.5 Å². The van der Waals surface area contributed by atoms with Crippen molar-refractivity contribution in [2.24, 2.45) is 5.41 Å². The van der Waals surface area contributed by atoms with Crippen LogP contribution in [0.3, 0.4) is 0 Å². The summed E-state index contributed by atoms with van der Waals surface area (Å²) in [4.78, 5) is 39.6. The number of nitrogens with zero attached hydrogens (tertiary/aromatic N) is 1. The van der Waals surface area contributed by atoms with Crippen molar-refractivity contribution in [1.29, 1.82) is 0 Å². The minimum absolute atomic E-state index is 0.0571. The fourth-order valence-corrected chi connectivity index (χ4v) is 3.93. The van der Waals surface area contributed by atoms with Gasteiger partial charge in [0, 0.05) is 23.7 Å². The summed E-state index contributed by atoms with van der Waals surface area (Å²) >= 11 is 0. The SMILES string of the molecule is CC(=O)Nc1cccc(N2C(=O)C(O)=C(C(=O)C(C)(C)C)C2c2ccc(C(C)(C)C)cc2)c1. The van der Waals surface area contributed by atoms with Gasteiger partial charge >= 0.3 is 0 Å². The number of benzene rings is 2. The smallest absolute Gasteiger partial charge is 0.294 e. The average Bonchev–Trinajstić information content (AvgIpc) is 2.96. The third kappa shape index (κ3) is 4.85. The van der Waals surface area contributed by atoms with Gasteiger partial charge in [0.1, 0.15) is 0 Å². The number of rotatable bonds is 4. The summed E-state index contributed by atoms with van der Waals surface area (Å²) in [7, 11) is 0. The second kappa shape index (κ2) is 8.50. The van der Waals surface area contributed by atoms with Crippen LogP contribution in [0, 0.1) is 5.41 Å². The average molecular weight is 449 g/mol. The summed E-state index contributed by atoms with van der Waals surface area (Å²) in [6.07, 6.45) is 0. The number of Topliss-reactive ketones (excluding diaryl/α,β-unsaturated/α-hetero) is 1. The number of hydrogen-bond acceptors (Lipinski definition) is 4. The van der Waals surface area contributed by atoms with Crippen molar-refractivity contribution in [2.75, 3.05) is 10.2 Å². The molecule has 0 bridgehead atoms. The van der Waals surface area contributed by atoms with Crippen LogP contribution in [0.1, 0.15) is 65.6 Å². The largest absolute Gasteiger partial charge is 0.503 e. The van der Waals surface area contributed by atoms with Crippen LogP contribution in [0.4, 0.5) is 11.4 Å². The molecule has 0 spiro atoms. The Bertz CT molecular complexity index is 1130. The first-order chi connectivity index (χ1) is 15.2. The van der Waals surface area contributed by atoms with E-state index in [-0.39, 0.29) is 22.7 Å². The lowest BCUT2D eigenvalue weighted by atomic mass is 9.81. The van der Waals surface area contributed by atoms with Crippen molar-refractivity contribution in [3.05, 3.63) is 71.0 Å². The van der Waals surface area contributed by atoms with Crippen molar-refractivity contribution >= 4 is 29.0 Å². The normalized spacial score (nSPS) is 16.9. The minimum Gasteiger partial charge on any atom is -0.503 e. The molecule has 174 valence electrons. The molecule has 33 heavy (non-hydrogen) atoms. The summed E-state index contributed by atoms with van der Waals surface area (Å²) in [6.45, 7) is 13.0. The molecule has 0 aliphatic carbocycles. The number of carbonyl (C=O) groups is 3. The molecule has 1 aliphatic rings. The van der Waals surface area contributed by atoms with Crippen LogP contribution in [-0.2, 0) is 19.8 Å². The standard InChI is InChI=1S/C27H32N2O4/c1-16(30)28-19-9-8-10-20(15-19)29-22(17-11-13-18(14-12-17)26(2,3)4)21(23(31)25(29)33)24(32)27(5,6)7/h8-15,22,31H,1-7H3,(H,28,30). The molecule has 1 heterocycles. The maximum atomic E-state index is 13.4. The molecular weight excluding hydrogens is 416 g/mol. The highest BCUT2D eigenvalue weighted by atomic mass is 16.3. The molecule has 1 atom stereocenters. The van der Waals surface area contributed by atoms with Gasteiger partial charge in [-0.25, -0.2) is 0 Å². The van der Waals surface area contributed by atoms with E-state index < -0.39 is 23.1 Å². The van der Waals surface area contributed by atoms with Crippen LogP contribution in [0.25, 0.3) is 0 Å². The Kier molecular flexibility index (Phi) is 6.25. The first-order valence-electron chi connectivity index (χ1n) is 11.0. The van der Waals surface area contributed by atoms with Crippen LogP contribution in [0.2, 0.25) is 0 Å². The highest BCUT2D eigenvalue weighted by Crippen LogP contribution is 2.44. The molecule has 1 aliphatic heterocycles. The molecule has 6 nitrogen and oxygen atoms in total. The number of anilines is 2. The van der Waals surface area contributed by atoms with Crippen molar-refractivity contribution in [1.82, 2.24) is 0 Å². The van der Waals surface area contributed by atoms with Gasteiger partial charge in [-0.05, 0) is 34.7 Å². The summed E-state index contributed by atoms with van der Waals surface area (Å²) in [5.74, 6) is -1.71. The molecule has 0 radical (unpaired) electrons. The van der Waals surface area contributed by atoms with Crippen LogP contribution in [0.5, 0.6) is 0 Å². The zero-order chi connectivity index (χ0) is 24.7. The molecule has 1 unspecified atom stereocenters. The van der Waals surface area contributed by atoms with E-state index in [2.05, 4.69) is 26.1 Å². The van der Waals surface area contributed by atoms with Gasteiger partial charge in [-0.3, -0.25) is 19.3 Å². The van der Waals surface area contributed by atoms with Gasteiger partial charge in [-0.2, -0.15) is 0 Å². The molecule has 0 fully saturated rings. The zero-order valence-corrected chi connectivity index (χ0v) is 20.3. The molecule has 3 rings (SSSR count). The highest BCUT2D eigenvalue weighted by molar-refractivity contribution is 6.17. The summed E-state index contributed by atoms with van der Waals surface area (Å²) in [5.41, 5.74) is 2.06. The van der Waals surface area contributed by atoms with Gasteiger partial charge < -0.3 is 10.4 Å². The monoisotopic (exact) mass is 448 g/mol. The number of carbonyl (C=O) groups excluding carboxylic acids is 3. The van der Waals surface area contributed by atoms with Crippen molar-refractivity contribution < 1.29 is 19.5 Å². The van der Waals surface area contributed by atoms with Gasteiger partial charge in [0.15, 0.2) is 11.5 Å². The van der Waals surface area contributed by atoms with Gasteiger partial charge in [0.25, 0.3) is 5.91 Å². The number of aliphatic hydroxyl groups is 1.